The van der Waals surface area contributed by atoms with Gasteiger partial charge in [-0.1, -0.05) is 48.5 Å². The molecule has 4 heteroatoms. The number of ether oxygens (including phenoxy) is 1. The van der Waals surface area contributed by atoms with Crippen molar-refractivity contribution in [3.05, 3.63) is 66.2 Å². The van der Waals surface area contributed by atoms with Crippen molar-refractivity contribution >= 4 is 0 Å². The average molecular weight is 278 g/mol. The van der Waals surface area contributed by atoms with Crippen LogP contribution in [0.5, 0.6) is 17.4 Å². The van der Waals surface area contributed by atoms with E-state index in [2.05, 4.69) is 10.2 Å². The van der Waals surface area contributed by atoms with Crippen LogP contribution in [0.4, 0.5) is 0 Å². The minimum Gasteiger partial charge on any atom is -0.503 e. The molecule has 0 aliphatic rings. The summed E-state index contributed by atoms with van der Waals surface area (Å²) in [6.07, 6.45) is 0. The van der Waals surface area contributed by atoms with Crippen molar-refractivity contribution in [2.75, 3.05) is 0 Å². The van der Waals surface area contributed by atoms with Crippen molar-refractivity contribution < 1.29 is 9.84 Å². The molecule has 0 atom stereocenters. The van der Waals surface area contributed by atoms with Gasteiger partial charge in [0.2, 0.25) is 0 Å². The second kappa shape index (κ2) is 5.63. The van der Waals surface area contributed by atoms with Crippen molar-refractivity contribution in [1.82, 2.24) is 10.2 Å². The Kier molecular flexibility index (Phi) is 3.51. The van der Waals surface area contributed by atoms with Gasteiger partial charge >= 0.3 is 0 Å². The first-order chi connectivity index (χ1) is 10.2. The topological polar surface area (TPSA) is 55.2 Å². The molecule has 0 unspecified atom stereocenters. The van der Waals surface area contributed by atoms with Crippen molar-refractivity contribution in [3.8, 4) is 28.6 Å². The van der Waals surface area contributed by atoms with Crippen LogP contribution < -0.4 is 4.74 Å². The Balaban J connectivity index is 1.90. The lowest BCUT2D eigenvalue weighted by atomic mass is 10.1. The molecule has 0 amide bonds. The highest BCUT2D eigenvalue weighted by Crippen LogP contribution is 2.31. The molecule has 21 heavy (non-hydrogen) atoms. The zero-order valence-electron chi connectivity index (χ0n) is 11.5. The summed E-state index contributed by atoms with van der Waals surface area (Å²) in [5, 5.41) is 18.1. The number of aryl methyl sites for hydroxylation is 1. The molecule has 1 heterocycles. The number of hydrogen-bond acceptors (Lipinski definition) is 4. The normalized spacial score (nSPS) is 10.3. The molecule has 0 saturated heterocycles. The van der Waals surface area contributed by atoms with Crippen LogP contribution in [0.3, 0.4) is 0 Å². The Morgan fingerprint density at radius 3 is 2.33 bits per heavy atom. The molecule has 1 aromatic heterocycles. The predicted molar refractivity (Wildman–Crippen MR) is 80.4 cm³/mol. The van der Waals surface area contributed by atoms with Crippen LogP contribution in [0.2, 0.25) is 0 Å². The summed E-state index contributed by atoms with van der Waals surface area (Å²) in [7, 11) is 0. The van der Waals surface area contributed by atoms with E-state index in [0.29, 0.717) is 11.4 Å². The largest absolute Gasteiger partial charge is 0.503 e. The molecule has 0 saturated carbocycles. The van der Waals surface area contributed by atoms with Gasteiger partial charge in [0, 0.05) is 11.6 Å². The van der Waals surface area contributed by atoms with Gasteiger partial charge in [0.1, 0.15) is 5.75 Å². The molecule has 0 aliphatic carbocycles. The van der Waals surface area contributed by atoms with Gasteiger partial charge in [0.15, 0.2) is 5.75 Å². The maximum absolute atomic E-state index is 10.1. The highest BCUT2D eigenvalue weighted by molar-refractivity contribution is 5.60. The van der Waals surface area contributed by atoms with E-state index in [-0.39, 0.29) is 11.6 Å². The molecule has 0 bridgehead atoms. The smallest absolute Gasteiger partial charge is 0.281 e. The molecule has 3 rings (SSSR count). The summed E-state index contributed by atoms with van der Waals surface area (Å²) < 4.78 is 5.61. The van der Waals surface area contributed by atoms with E-state index in [1.54, 1.807) is 6.07 Å². The number of para-hydroxylation sites is 1. The standard InChI is InChI=1S/C17H14N2O2/c1-12-7-5-6-10-16(12)21-17-15(20)11-14(18-19-17)13-8-3-2-4-9-13/h2-11H,1H3,(H,18,20). The van der Waals surface area contributed by atoms with Gasteiger partial charge in [-0.3, -0.25) is 0 Å². The molecule has 1 N–H and O–H groups in total. The van der Waals surface area contributed by atoms with E-state index in [0.717, 1.165) is 11.1 Å². The summed E-state index contributed by atoms with van der Waals surface area (Å²) in [6, 6.07) is 18.6. The Morgan fingerprint density at radius 1 is 0.905 bits per heavy atom. The first-order valence-corrected chi connectivity index (χ1v) is 6.59. The fraction of sp³-hybridized carbons (Fsp3) is 0.0588. The molecule has 2 aromatic carbocycles. The zero-order valence-corrected chi connectivity index (χ0v) is 11.5. The van der Waals surface area contributed by atoms with Gasteiger partial charge in [0.25, 0.3) is 5.88 Å². The van der Waals surface area contributed by atoms with Crippen LogP contribution in [0.25, 0.3) is 11.3 Å². The van der Waals surface area contributed by atoms with E-state index in [9.17, 15) is 5.11 Å². The van der Waals surface area contributed by atoms with Gasteiger partial charge < -0.3 is 9.84 Å². The van der Waals surface area contributed by atoms with Crippen molar-refractivity contribution in [2.24, 2.45) is 0 Å². The van der Waals surface area contributed by atoms with Gasteiger partial charge in [-0.05, 0) is 18.6 Å². The lowest BCUT2D eigenvalue weighted by molar-refractivity contribution is 0.391. The number of benzene rings is 2. The van der Waals surface area contributed by atoms with E-state index in [1.807, 2.05) is 61.5 Å². The Bertz CT molecular complexity index is 758. The van der Waals surface area contributed by atoms with E-state index in [4.69, 9.17) is 4.74 Å². The Morgan fingerprint density at radius 2 is 1.62 bits per heavy atom. The summed E-state index contributed by atoms with van der Waals surface area (Å²) in [5.74, 6) is 0.714. The van der Waals surface area contributed by atoms with Gasteiger partial charge in [-0.15, -0.1) is 10.2 Å². The van der Waals surface area contributed by atoms with Crippen molar-refractivity contribution in [1.29, 1.82) is 0 Å². The number of rotatable bonds is 3. The quantitative estimate of drug-likeness (QED) is 0.788. The third-order valence-corrected chi connectivity index (χ3v) is 3.11. The van der Waals surface area contributed by atoms with Gasteiger partial charge in [-0.2, -0.15) is 0 Å². The number of nitrogens with zero attached hydrogens (tertiary/aromatic N) is 2. The number of aromatic nitrogens is 2. The Hall–Kier alpha value is -2.88. The summed E-state index contributed by atoms with van der Waals surface area (Å²) in [6.45, 7) is 1.93. The lowest BCUT2D eigenvalue weighted by Gasteiger charge is -2.09. The Labute approximate surface area is 122 Å². The maximum Gasteiger partial charge on any atom is 0.281 e. The van der Waals surface area contributed by atoms with Gasteiger partial charge in [-0.25, -0.2) is 0 Å². The highest BCUT2D eigenvalue weighted by atomic mass is 16.5. The number of aromatic hydroxyl groups is 1. The van der Waals surface area contributed by atoms with E-state index < -0.39 is 0 Å². The first-order valence-electron chi connectivity index (χ1n) is 6.59. The summed E-state index contributed by atoms with van der Waals surface area (Å²) in [5.41, 5.74) is 2.46. The number of hydrogen-bond donors (Lipinski definition) is 1. The minimum absolute atomic E-state index is 0.0351. The maximum atomic E-state index is 10.1. The molecule has 3 aromatic rings. The fourth-order valence-electron chi connectivity index (χ4n) is 1.97. The molecular formula is C17H14N2O2. The van der Waals surface area contributed by atoms with Crippen LogP contribution >= 0.6 is 0 Å². The second-order valence-corrected chi connectivity index (χ2v) is 4.65. The molecule has 0 fully saturated rings. The predicted octanol–water partition coefficient (Wildman–Crippen LogP) is 3.95. The molecule has 104 valence electrons. The summed E-state index contributed by atoms with van der Waals surface area (Å²) in [4.78, 5) is 0. The van der Waals surface area contributed by atoms with Crippen LogP contribution in [0, 0.1) is 6.92 Å². The third-order valence-electron chi connectivity index (χ3n) is 3.11. The van der Waals surface area contributed by atoms with Gasteiger partial charge in [0.05, 0.1) is 5.69 Å². The van der Waals surface area contributed by atoms with Crippen LogP contribution in [0.15, 0.2) is 60.7 Å². The van der Waals surface area contributed by atoms with E-state index >= 15 is 0 Å². The molecular weight excluding hydrogens is 264 g/mol. The van der Waals surface area contributed by atoms with Crippen LogP contribution in [-0.2, 0) is 0 Å². The molecule has 0 spiro atoms. The minimum atomic E-state index is -0.0351. The molecule has 4 nitrogen and oxygen atoms in total. The van der Waals surface area contributed by atoms with Crippen LogP contribution in [0.1, 0.15) is 5.56 Å². The second-order valence-electron chi connectivity index (χ2n) is 4.65. The lowest BCUT2D eigenvalue weighted by Crippen LogP contribution is -1.94. The summed E-state index contributed by atoms with van der Waals surface area (Å²) >= 11 is 0. The average Bonchev–Trinajstić information content (AvgIpc) is 2.52. The van der Waals surface area contributed by atoms with Crippen LogP contribution in [-0.4, -0.2) is 15.3 Å². The molecule has 0 radical (unpaired) electrons. The SMILES string of the molecule is Cc1ccccc1Oc1nnc(-c2ccccc2)cc1O. The third kappa shape index (κ3) is 2.84. The monoisotopic (exact) mass is 278 g/mol. The highest BCUT2D eigenvalue weighted by Gasteiger charge is 2.10. The van der Waals surface area contributed by atoms with E-state index in [1.165, 1.54) is 0 Å². The zero-order chi connectivity index (χ0) is 14.7. The molecule has 0 aliphatic heterocycles. The fourth-order valence-corrected chi connectivity index (χ4v) is 1.97. The first kappa shape index (κ1) is 13.1. The van der Waals surface area contributed by atoms with Crippen molar-refractivity contribution in [3.63, 3.8) is 0 Å². The van der Waals surface area contributed by atoms with Crippen molar-refractivity contribution in [2.45, 2.75) is 6.92 Å².